The van der Waals surface area contributed by atoms with Gasteiger partial charge in [0, 0.05) is 22.5 Å². The van der Waals surface area contributed by atoms with Gasteiger partial charge in [0.15, 0.2) is 0 Å². The van der Waals surface area contributed by atoms with E-state index in [4.69, 9.17) is 9.47 Å². The Kier molecular flexibility index (Phi) is 13.3. The topological polar surface area (TPSA) is 21.7 Å². The molecular weight excluding hydrogens is 1130 g/mol. The minimum absolute atomic E-state index is 0.195. The van der Waals surface area contributed by atoms with Crippen molar-refractivity contribution < 1.29 is 18.3 Å². The third kappa shape index (κ3) is 8.90. The van der Waals surface area contributed by atoms with Crippen molar-refractivity contribution in [2.75, 3.05) is 4.90 Å². The van der Waals surface area contributed by atoms with E-state index in [2.05, 4.69) is 208 Å². The zero-order chi connectivity index (χ0) is 62.3. The molecule has 0 aliphatic heterocycles. The summed E-state index contributed by atoms with van der Waals surface area (Å²) in [6.07, 6.45) is 3.63. The molecule has 440 valence electrons. The van der Waals surface area contributed by atoms with E-state index in [0.717, 1.165) is 106 Å². The lowest BCUT2D eigenvalue weighted by Gasteiger charge is -2.36. The van der Waals surface area contributed by atoms with Crippen LogP contribution in [0.15, 0.2) is 310 Å². The van der Waals surface area contributed by atoms with Crippen molar-refractivity contribution in [3.05, 3.63) is 389 Å². The first-order chi connectivity index (χ1) is 45.0. The molecular formula is C87H61F2NO2. The second-order valence-corrected chi connectivity index (χ2v) is 24.7. The van der Waals surface area contributed by atoms with Gasteiger partial charge in [-0.25, -0.2) is 8.78 Å². The number of fused-ring (bicyclic) bond motifs is 9. The van der Waals surface area contributed by atoms with Gasteiger partial charge >= 0.3 is 0 Å². The van der Waals surface area contributed by atoms with Crippen LogP contribution in [0.2, 0.25) is 0 Å². The number of ether oxygens (including phenoxy) is 2. The zero-order valence-corrected chi connectivity index (χ0v) is 50.9. The number of anilines is 3. The summed E-state index contributed by atoms with van der Waals surface area (Å²) in [6, 6.07) is 102. The first-order valence-corrected chi connectivity index (χ1v) is 31.2. The number of halogens is 2. The molecule has 2 atom stereocenters. The Morgan fingerprint density at radius 3 is 1.10 bits per heavy atom. The van der Waals surface area contributed by atoms with Gasteiger partial charge in [-0.15, -0.1) is 0 Å². The number of hydrogen-bond donors (Lipinski definition) is 0. The van der Waals surface area contributed by atoms with Crippen LogP contribution in [0.1, 0.15) is 80.6 Å². The standard InChI is InChI=1S/C87H61F2NO2/c1-5-56-22-41-69(42-23-56)91-71-45-31-62(32-46-71)86(60-27-35-64(88)36-28-60)80-20-11-8-17-74(80)77-50-39-67(54-83(77)86)90(66-15-13-14-58(52-66)59-26-49-76-73-16-7-10-19-79(73)85(3,4)82(76)53-59)68-40-51-78-75-18-9-12-21-81(75)87(84(78)55-68,61-29-37-65(89)38-30-61)63-33-47-72(48-34-63)92-70-43-24-57(6-2)25-44-70/h5-55H,1-2H2,3-4H3. The Balaban J connectivity index is 0.909. The van der Waals surface area contributed by atoms with Crippen molar-refractivity contribution in [3.8, 4) is 67.5 Å². The third-order valence-corrected chi connectivity index (χ3v) is 19.4. The molecule has 92 heavy (non-hydrogen) atoms. The maximum atomic E-state index is 15.4. The van der Waals surface area contributed by atoms with Crippen LogP contribution in [0.4, 0.5) is 25.8 Å². The van der Waals surface area contributed by atoms with E-state index in [0.29, 0.717) is 23.0 Å². The molecule has 0 saturated heterocycles. The lowest BCUT2D eigenvalue weighted by molar-refractivity contribution is 0.482. The SMILES string of the molecule is C=Cc1ccc(Oc2ccc(C3(c4ccc(F)cc4)c4ccccc4-c4ccc(N(c5cccc(-c6ccc7c(c6)C(C)(C)c6ccccc6-7)c5)c5ccc6c(c5)C(c5ccc(F)cc5)(c5ccc(Oc7ccc(C=C)cc7)cc5)c5ccccc5-6)cc43)cc2)cc1. The summed E-state index contributed by atoms with van der Waals surface area (Å²) in [6.45, 7) is 12.5. The molecule has 0 heterocycles. The largest absolute Gasteiger partial charge is 0.457 e. The monoisotopic (exact) mass is 1190 g/mol. The minimum Gasteiger partial charge on any atom is -0.457 e. The van der Waals surface area contributed by atoms with Crippen LogP contribution in [0, 0.1) is 11.6 Å². The van der Waals surface area contributed by atoms with Gasteiger partial charge in [0.1, 0.15) is 34.6 Å². The van der Waals surface area contributed by atoms with E-state index in [1.807, 2.05) is 109 Å². The highest BCUT2D eigenvalue weighted by atomic mass is 19.1. The number of rotatable bonds is 14. The number of hydrogen-bond acceptors (Lipinski definition) is 3. The van der Waals surface area contributed by atoms with E-state index < -0.39 is 10.8 Å². The summed E-state index contributed by atoms with van der Waals surface area (Å²) in [5.41, 5.74) is 22.6. The molecule has 0 bridgehead atoms. The molecule has 0 aromatic heterocycles. The fraction of sp³-hybridized carbons (Fsp3) is 0.0575. The van der Waals surface area contributed by atoms with Gasteiger partial charge in [0.25, 0.3) is 0 Å². The summed E-state index contributed by atoms with van der Waals surface area (Å²) in [4.78, 5) is 2.39. The van der Waals surface area contributed by atoms with E-state index >= 15 is 8.78 Å². The Morgan fingerprint density at radius 2 is 0.652 bits per heavy atom. The second-order valence-electron chi connectivity index (χ2n) is 24.7. The van der Waals surface area contributed by atoms with Crippen LogP contribution in [0.3, 0.4) is 0 Å². The van der Waals surface area contributed by atoms with Crippen LogP contribution in [0.5, 0.6) is 23.0 Å². The Labute approximate surface area is 535 Å². The highest BCUT2D eigenvalue weighted by molar-refractivity contribution is 5.93. The van der Waals surface area contributed by atoms with Crippen molar-refractivity contribution >= 4 is 29.2 Å². The van der Waals surface area contributed by atoms with Gasteiger partial charge in [-0.05, 0) is 227 Å². The van der Waals surface area contributed by atoms with Gasteiger partial charge < -0.3 is 14.4 Å². The average molecular weight is 1190 g/mol. The average Bonchev–Trinajstić information content (AvgIpc) is 1.53. The van der Waals surface area contributed by atoms with Crippen LogP contribution < -0.4 is 14.4 Å². The first kappa shape index (κ1) is 55.9. The lowest BCUT2D eigenvalue weighted by Crippen LogP contribution is -2.29. The lowest BCUT2D eigenvalue weighted by atomic mass is 9.67. The van der Waals surface area contributed by atoms with Gasteiger partial charge in [0.2, 0.25) is 0 Å². The van der Waals surface area contributed by atoms with E-state index in [1.54, 1.807) is 24.3 Å². The fourth-order valence-corrected chi connectivity index (χ4v) is 15.1. The summed E-state index contributed by atoms with van der Waals surface area (Å²) in [5.74, 6) is 2.18. The highest BCUT2D eigenvalue weighted by Gasteiger charge is 2.49. The normalized spacial score (nSPS) is 15.9. The first-order valence-electron chi connectivity index (χ1n) is 31.2. The Morgan fingerprint density at radius 1 is 0.304 bits per heavy atom. The van der Waals surface area contributed by atoms with E-state index in [1.165, 1.54) is 22.3 Å². The van der Waals surface area contributed by atoms with Gasteiger partial charge in [-0.1, -0.05) is 221 Å². The van der Waals surface area contributed by atoms with Crippen molar-refractivity contribution in [3.63, 3.8) is 0 Å². The van der Waals surface area contributed by atoms with Gasteiger partial charge in [-0.3, -0.25) is 0 Å². The molecule has 0 spiro atoms. The molecule has 16 rings (SSSR count). The van der Waals surface area contributed by atoms with Crippen LogP contribution in [0.25, 0.3) is 56.7 Å². The van der Waals surface area contributed by atoms with Crippen molar-refractivity contribution in [1.29, 1.82) is 0 Å². The molecule has 0 saturated carbocycles. The number of nitrogens with zero attached hydrogens (tertiary/aromatic N) is 1. The Bertz CT molecular complexity index is 4800. The molecule has 3 nitrogen and oxygen atoms in total. The maximum absolute atomic E-state index is 15.4. The predicted octanol–water partition coefficient (Wildman–Crippen LogP) is 23.0. The summed E-state index contributed by atoms with van der Waals surface area (Å²) >= 11 is 0. The minimum atomic E-state index is -0.912. The fourth-order valence-electron chi connectivity index (χ4n) is 15.1. The molecule has 0 radical (unpaired) electrons. The molecule has 5 heteroatoms. The molecule has 0 fully saturated rings. The number of benzene rings is 13. The maximum Gasteiger partial charge on any atom is 0.127 e. The molecule has 13 aromatic carbocycles. The van der Waals surface area contributed by atoms with Gasteiger partial charge in [-0.2, -0.15) is 0 Å². The molecule has 2 unspecified atom stereocenters. The molecule has 3 aliphatic carbocycles. The van der Waals surface area contributed by atoms with Crippen molar-refractivity contribution in [1.82, 2.24) is 0 Å². The molecule has 0 N–H and O–H groups in total. The molecule has 3 aliphatic rings. The predicted molar refractivity (Wildman–Crippen MR) is 372 cm³/mol. The van der Waals surface area contributed by atoms with Crippen molar-refractivity contribution in [2.24, 2.45) is 0 Å². The van der Waals surface area contributed by atoms with Crippen molar-refractivity contribution in [2.45, 2.75) is 30.1 Å². The van der Waals surface area contributed by atoms with E-state index in [9.17, 15) is 0 Å². The van der Waals surface area contributed by atoms with Gasteiger partial charge in [0.05, 0.1) is 10.8 Å². The quantitative estimate of drug-likeness (QED) is 0.108. The summed E-state index contributed by atoms with van der Waals surface area (Å²) < 4.78 is 43.8. The Hall–Kier alpha value is -11.4. The van der Waals surface area contributed by atoms with Crippen LogP contribution in [-0.4, -0.2) is 0 Å². The van der Waals surface area contributed by atoms with Crippen LogP contribution in [-0.2, 0) is 16.2 Å². The van der Waals surface area contributed by atoms with Crippen LogP contribution >= 0.6 is 0 Å². The van der Waals surface area contributed by atoms with E-state index in [-0.39, 0.29) is 17.0 Å². The molecule has 13 aromatic rings. The summed E-state index contributed by atoms with van der Waals surface area (Å²) in [7, 11) is 0. The molecule has 0 amide bonds. The summed E-state index contributed by atoms with van der Waals surface area (Å²) in [5, 5.41) is 0. The highest BCUT2D eigenvalue weighted by Crippen LogP contribution is 2.60. The second kappa shape index (κ2) is 22.0. The zero-order valence-electron chi connectivity index (χ0n) is 50.9. The smallest absolute Gasteiger partial charge is 0.127 e. The third-order valence-electron chi connectivity index (χ3n) is 19.4.